The van der Waals surface area contributed by atoms with Crippen LogP contribution in [0.25, 0.3) is 0 Å². The van der Waals surface area contributed by atoms with Crippen molar-refractivity contribution in [2.45, 2.75) is 6.36 Å². The number of aliphatic imine (C=N–C) groups is 1. The quantitative estimate of drug-likeness (QED) is 0.490. The normalized spacial score (nSPS) is 13.0. The predicted octanol–water partition coefficient (Wildman–Crippen LogP) is 1.59. The molecule has 0 saturated heterocycles. The molecule has 0 saturated carbocycles. The maximum atomic E-state index is 11.9. The SMILES string of the molecule is NN=C(C=Nc1ccc(OC(F)(F)F)cc1)CO. The minimum atomic E-state index is -4.72. The van der Waals surface area contributed by atoms with Gasteiger partial charge in [-0.3, -0.25) is 4.99 Å². The van der Waals surface area contributed by atoms with Crippen molar-refractivity contribution in [2.75, 3.05) is 6.61 Å². The first-order valence-corrected chi connectivity index (χ1v) is 4.72. The zero-order valence-electron chi connectivity index (χ0n) is 9.05. The lowest BCUT2D eigenvalue weighted by Gasteiger charge is -2.08. The number of hydrazone groups is 1. The highest BCUT2D eigenvalue weighted by Crippen LogP contribution is 2.24. The molecule has 0 fully saturated rings. The Morgan fingerprint density at radius 3 is 2.39 bits per heavy atom. The van der Waals surface area contributed by atoms with Crippen LogP contribution in [0.3, 0.4) is 0 Å². The largest absolute Gasteiger partial charge is 0.573 e. The van der Waals surface area contributed by atoms with Crippen molar-refractivity contribution in [1.29, 1.82) is 0 Å². The second-order valence-corrected chi connectivity index (χ2v) is 3.08. The van der Waals surface area contributed by atoms with Crippen LogP contribution in [0.1, 0.15) is 0 Å². The van der Waals surface area contributed by atoms with Crippen LogP contribution < -0.4 is 10.6 Å². The maximum Gasteiger partial charge on any atom is 0.573 e. The maximum absolute atomic E-state index is 11.9. The number of hydrogen-bond donors (Lipinski definition) is 2. The number of ether oxygens (including phenoxy) is 1. The Kier molecular flexibility index (Phi) is 4.67. The second kappa shape index (κ2) is 6.01. The molecule has 3 N–H and O–H groups in total. The van der Waals surface area contributed by atoms with Gasteiger partial charge in [-0.25, -0.2) is 0 Å². The molecule has 0 radical (unpaired) electrons. The molecule has 0 aliphatic heterocycles. The number of benzene rings is 1. The van der Waals surface area contributed by atoms with Gasteiger partial charge in [-0.05, 0) is 24.3 Å². The number of alkyl halides is 3. The Hall–Kier alpha value is -2.09. The fraction of sp³-hybridized carbons (Fsp3) is 0.200. The molecule has 0 aliphatic carbocycles. The van der Waals surface area contributed by atoms with E-state index >= 15 is 0 Å². The van der Waals surface area contributed by atoms with E-state index in [4.69, 9.17) is 10.9 Å². The van der Waals surface area contributed by atoms with Gasteiger partial charge in [-0.1, -0.05) is 0 Å². The standard InChI is InChI=1S/C10H10F3N3O2/c11-10(12,13)18-9-3-1-7(2-4-9)15-5-8(6-17)16-14/h1-5,17H,6,14H2. The van der Waals surface area contributed by atoms with Crippen molar-refractivity contribution in [3.63, 3.8) is 0 Å². The number of nitrogens with zero attached hydrogens (tertiary/aromatic N) is 2. The molecule has 18 heavy (non-hydrogen) atoms. The third-order valence-corrected chi connectivity index (χ3v) is 1.76. The van der Waals surface area contributed by atoms with Crippen molar-refractivity contribution in [1.82, 2.24) is 0 Å². The molecule has 0 aliphatic rings. The van der Waals surface area contributed by atoms with E-state index in [1.165, 1.54) is 18.3 Å². The topological polar surface area (TPSA) is 80.2 Å². The fourth-order valence-electron chi connectivity index (χ4n) is 0.998. The van der Waals surface area contributed by atoms with Crippen LogP contribution in [0.5, 0.6) is 5.75 Å². The Bertz CT molecular complexity index is 441. The average molecular weight is 261 g/mol. The van der Waals surface area contributed by atoms with E-state index in [1.807, 2.05) is 0 Å². The zero-order chi connectivity index (χ0) is 13.6. The molecule has 0 heterocycles. The lowest BCUT2D eigenvalue weighted by atomic mass is 10.3. The van der Waals surface area contributed by atoms with Gasteiger partial charge in [0.2, 0.25) is 0 Å². The summed E-state index contributed by atoms with van der Waals surface area (Å²) in [4.78, 5) is 3.85. The highest BCUT2D eigenvalue weighted by atomic mass is 19.4. The fourth-order valence-corrected chi connectivity index (χ4v) is 0.998. The van der Waals surface area contributed by atoms with Gasteiger partial charge in [0.05, 0.1) is 18.5 Å². The molecule has 1 rings (SSSR count). The molecule has 0 aromatic heterocycles. The van der Waals surface area contributed by atoms with E-state index in [-0.39, 0.29) is 18.1 Å². The third kappa shape index (κ3) is 4.83. The molecule has 0 bridgehead atoms. The number of hydrogen-bond acceptors (Lipinski definition) is 5. The van der Waals surface area contributed by atoms with Gasteiger partial charge in [0, 0.05) is 0 Å². The minimum Gasteiger partial charge on any atom is -0.406 e. The summed E-state index contributed by atoms with van der Waals surface area (Å²) < 4.78 is 39.3. The summed E-state index contributed by atoms with van der Waals surface area (Å²) in [5.74, 6) is 4.60. The molecular formula is C10H10F3N3O2. The summed E-state index contributed by atoms with van der Waals surface area (Å²) in [5, 5.41) is 12.0. The monoisotopic (exact) mass is 261 g/mol. The number of halogens is 3. The van der Waals surface area contributed by atoms with Crippen LogP contribution in [0.2, 0.25) is 0 Å². The van der Waals surface area contributed by atoms with Crippen molar-refractivity contribution in [3.8, 4) is 5.75 Å². The predicted molar refractivity (Wildman–Crippen MR) is 60.0 cm³/mol. The lowest BCUT2D eigenvalue weighted by Crippen LogP contribution is -2.16. The van der Waals surface area contributed by atoms with E-state index < -0.39 is 6.36 Å². The number of aliphatic hydroxyl groups excluding tert-OH is 1. The summed E-state index contributed by atoms with van der Waals surface area (Å²) in [6.45, 7) is -0.380. The van der Waals surface area contributed by atoms with Gasteiger partial charge in [0.15, 0.2) is 0 Å². The highest BCUT2D eigenvalue weighted by molar-refractivity contribution is 6.31. The Balaban J connectivity index is 2.72. The van der Waals surface area contributed by atoms with Crippen LogP contribution >= 0.6 is 0 Å². The van der Waals surface area contributed by atoms with Crippen molar-refractivity contribution >= 4 is 17.6 Å². The molecule has 8 heteroatoms. The van der Waals surface area contributed by atoms with Gasteiger partial charge in [-0.2, -0.15) is 5.10 Å². The molecule has 5 nitrogen and oxygen atoms in total. The molecule has 0 atom stereocenters. The first-order chi connectivity index (χ1) is 8.44. The van der Waals surface area contributed by atoms with Gasteiger partial charge < -0.3 is 15.7 Å². The summed E-state index contributed by atoms with van der Waals surface area (Å²) in [6.07, 6.45) is -3.51. The molecule has 1 aromatic rings. The molecule has 0 amide bonds. The molecule has 98 valence electrons. The van der Waals surface area contributed by atoms with Gasteiger partial charge >= 0.3 is 6.36 Å². The average Bonchev–Trinajstić information content (AvgIpc) is 2.30. The van der Waals surface area contributed by atoms with Gasteiger partial charge in [0.25, 0.3) is 0 Å². The van der Waals surface area contributed by atoms with Gasteiger partial charge in [0.1, 0.15) is 11.5 Å². The van der Waals surface area contributed by atoms with Gasteiger partial charge in [-0.15, -0.1) is 13.2 Å². The highest BCUT2D eigenvalue weighted by Gasteiger charge is 2.30. The van der Waals surface area contributed by atoms with Crippen LogP contribution in [-0.4, -0.2) is 30.0 Å². The van der Waals surface area contributed by atoms with Crippen molar-refractivity contribution < 1.29 is 23.0 Å². The Labute approximate surface area is 100 Å². The molecule has 0 spiro atoms. The van der Waals surface area contributed by atoms with E-state index in [9.17, 15) is 13.2 Å². The van der Waals surface area contributed by atoms with Crippen LogP contribution in [0, 0.1) is 0 Å². The summed E-state index contributed by atoms with van der Waals surface area (Å²) in [6, 6.07) is 4.89. The number of aliphatic hydroxyl groups is 1. The van der Waals surface area contributed by atoms with Crippen LogP contribution in [-0.2, 0) is 0 Å². The molecular weight excluding hydrogens is 251 g/mol. The molecule has 0 unspecified atom stereocenters. The number of nitrogens with two attached hydrogens (primary N) is 1. The minimum absolute atomic E-state index is 0.144. The van der Waals surface area contributed by atoms with E-state index in [2.05, 4.69) is 14.8 Å². The summed E-state index contributed by atoms with van der Waals surface area (Å²) in [5.41, 5.74) is 0.518. The van der Waals surface area contributed by atoms with Crippen LogP contribution in [0.15, 0.2) is 34.4 Å². The third-order valence-electron chi connectivity index (χ3n) is 1.76. The first kappa shape index (κ1) is 14.0. The summed E-state index contributed by atoms with van der Waals surface area (Å²) >= 11 is 0. The first-order valence-electron chi connectivity index (χ1n) is 4.72. The van der Waals surface area contributed by atoms with E-state index in [0.29, 0.717) is 5.69 Å². The lowest BCUT2D eigenvalue weighted by molar-refractivity contribution is -0.274. The van der Waals surface area contributed by atoms with Crippen molar-refractivity contribution in [2.24, 2.45) is 15.9 Å². The Morgan fingerprint density at radius 2 is 1.94 bits per heavy atom. The molecule has 1 aromatic carbocycles. The zero-order valence-corrected chi connectivity index (χ0v) is 9.05. The van der Waals surface area contributed by atoms with Crippen LogP contribution in [0.4, 0.5) is 18.9 Å². The number of rotatable bonds is 4. The van der Waals surface area contributed by atoms with E-state index in [0.717, 1.165) is 12.1 Å². The smallest absolute Gasteiger partial charge is 0.406 e. The second-order valence-electron chi connectivity index (χ2n) is 3.08. The van der Waals surface area contributed by atoms with Crippen molar-refractivity contribution in [3.05, 3.63) is 24.3 Å². The van der Waals surface area contributed by atoms with E-state index in [1.54, 1.807) is 0 Å². The summed E-state index contributed by atoms with van der Waals surface area (Å²) in [7, 11) is 0. The Morgan fingerprint density at radius 1 is 1.33 bits per heavy atom.